The lowest BCUT2D eigenvalue weighted by atomic mass is 10.0. The van der Waals surface area contributed by atoms with E-state index in [2.05, 4.69) is 0 Å². The van der Waals surface area contributed by atoms with Gasteiger partial charge in [0.1, 0.15) is 17.2 Å². The molecule has 0 saturated carbocycles. The highest BCUT2D eigenvalue weighted by atomic mass is 16.3. The van der Waals surface area contributed by atoms with E-state index in [9.17, 15) is 15.3 Å². The summed E-state index contributed by atoms with van der Waals surface area (Å²) in [7, 11) is 0. The molecule has 2 aromatic rings. The second-order valence-electron chi connectivity index (χ2n) is 4.71. The van der Waals surface area contributed by atoms with Crippen molar-refractivity contribution in [2.24, 2.45) is 0 Å². The molecular formula is C17H18O3. The van der Waals surface area contributed by atoms with E-state index < -0.39 is 0 Å². The van der Waals surface area contributed by atoms with E-state index in [1.807, 2.05) is 19.1 Å². The van der Waals surface area contributed by atoms with Crippen LogP contribution in [-0.2, 0) is 6.42 Å². The van der Waals surface area contributed by atoms with Crippen LogP contribution in [0.2, 0.25) is 0 Å². The number of rotatable bonds is 4. The van der Waals surface area contributed by atoms with Crippen molar-refractivity contribution in [2.45, 2.75) is 19.8 Å². The second-order valence-corrected chi connectivity index (χ2v) is 4.71. The van der Waals surface area contributed by atoms with Crippen LogP contribution in [-0.4, -0.2) is 15.3 Å². The van der Waals surface area contributed by atoms with Crippen LogP contribution >= 0.6 is 0 Å². The lowest BCUT2D eigenvalue weighted by Crippen LogP contribution is -1.87. The van der Waals surface area contributed by atoms with Crippen molar-refractivity contribution in [1.29, 1.82) is 0 Å². The van der Waals surface area contributed by atoms with Gasteiger partial charge in [0.25, 0.3) is 0 Å². The molecule has 0 saturated heterocycles. The van der Waals surface area contributed by atoms with Crippen LogP contribution in [0.1, 0.15) is 30.0 Å². The Morgan fingerprint density at radius 1 is 0.850 bits per heavy atom. The molecule has 104 valence electrons. The molecule has 20 heavy (non-hydrogen) atoms. The first-order valence-corrected chi connectivity index (χ1v) is 6.62. The van der Waals surface area contributed by atoms with Crippen LogP contribution in [0.3, 0.4) is 0 Å². The number of hydrogen-bond donors (Lipinski definition) is 3. The summed E-state index contributed by atoms with van der Waals surface area (Å²) in [6.07, 6.45) is 5.18. The summed E-state index contributed by atoms with van der Waals surface area (Å²) >= 11 is 0. The highest BCUT2D eigenvalue weighted by molar-refractivity contribution is 5.71. The van der Waals surface area contributed by atoms with Gasteiger partial charge in [0.05, 0.1) is 0 Å². The molecule has 0 radical (unpaired) electrons. The highest BCUT2D eigenvalue weighted by Crippen LogP contribution is 2.30. The zero-order valence-corrected chi connectivity index (χ0v) is 11.4. The van der Waals surface area contributed by atoms with Gasteiger partial charge in [-0.25, -0.2) is 0 Å². The summed E-state index contributed by atoms with van der Waals surface area (Å²) in [4.78, 5) is 0. The Labute approximate surface area is 118 Å². The first kappa shape index (κ1) is 14.0. The fraction of sp³-hybridized carbons (Fsp3) is 0.176. The minimum absolute atomic E-state index is 0.122. The molecule has 0 aliphatic rings. The van der Waals surface area contributed by atoms with Crippen molar-refractivity contribution in [2.75, 3.05) is 0 Å². The summed E-state index contributed by atoms with van der Waals surface area (Å²) in [6.45, 7) is 2.00. The third-order valence-corrected chi connectivity index (χ3v) is 3.09. The van der Waals surface area contributed by atoms with Gasteiger partial charge < -0.3 is 15.3 Å². The zero-order chi connectivity index (χ0) is 14.5. The van der Waals surface area contributed by atoms with Crippen LogP contribution in [0.25, 0.3) is 12.2 Å². The van der Waals surface area contributed by atoms with E-state index in [1.165, 1.54) is 0 Å². The number of phenolic OH excluding ortho intramolecular Hbond substituents is 3. The van der Waals surface area contributed by atoms with Gasteiger partial charge in [-0.1, -0.05) is 37.6 Å². The first-order valence-electron chi connectivity index (χ1n) is 6.62. The molecule has 0 spiro atoms. The van der Waals surface area contributed by atoms with E-state index in [0.29, 0.717) is 12.0 Å². The molecule has 2 rings (SSSR count). The van der Waals surface area contributed by atoms with Crippen molar-refractivity contribution in [3.05, 3.63) is 53.1 Å². The molecule has 2 aromatic carbocycles. The average Bonchev–Trinajstić information content (AvgIpc) is 2.42. The van der Waals surface area contributed by atoms with E-state index in [4.69, 9.17) is 0 Å². The monoisotopic (exact) mass is 270 g/mol. The molecule has 0 heterocycles. The van der Waals surface area contributed by atoms with Gasteiger partial charge in [-0.3, -0.25) is 0 Å². The molecule has 0 bridgehead atoms. The highest BCUT2D eigenvalue weighted by Gasteiger charge is 2.07. The fourth-order valence-corrected chi connectivity index (χ4v) is 2.04. The first-order chi connectivity index (χ1) is 9.60. The molecule has 0 unspecified atom stereocenters. The van der Waals surface area contributed by atoms with E-state index >= 15 is 0 Å². The quantitative estimate of drug-likeness (QED) is 0.738. The summed E-state index contributed by atoms with van der Waals surface area (Å²) in [5, 5.41) is 29.0. The molecule has 0 atom stereocenters. The Morgan fingerprint density at radius 2 is 1.40 bits per heavy atom. The lowest BCUT2D eigenvalue weighted by Gasteiger charge is -2.07. The molecular weight excluding hydrogens is 252 g/mol. The van der Waals surface area contributed by atoms with Gasteiger partial charge in [0.2, 0.25) is 0 Å². The minimum atomic E-state index is 0.122. The maximum atomic E-state index is 9.91. The van der Waals surface area contributed by atoms with Crippen LogP contribution in [0.5, 0.6) is 17.2 Å². The van der Waals surface area contributed by atoms with E-state index in [1.54, 1.807) is 36.4 Å². The van der Waals surface area contributed by atoms with Gasteiger partial charge in [-0.05, 0) is 41.8 Å². The second kappa shape index (κ2) is 6.15. The molecule has 3 nitrogen and oxygen atoms in total. The van der Waals surface area contributed by atoms with Gasteiger partial charge in [0, 0.05) is 5.56 Å². The maximum absolute atomic E-state index is 9.91. The fourth-order valence-electron chi connectivity index (χ4n) is 2.04. The lowest BCUT2D eigenvalue weighted by molar-refractivity contribution is 0.437. The van der Waals surface area contributed by atoms with E-state index in [0.717, 1.165) is 17.5 Å². The third-order valence-electron chi connectivity index (χ3n) is 3.09. The summed E-state index contributed by atoms with van der Waals surface area (Å²) in [5.74, 6) is 0.468. The molecule has 3 heteroatoms. The Hall–Kier alpha value is -2.42. The van der Waals surface area contributed by atoms with Crippen LogP contribution in [0, 0.1) is 0 Å². The van der Waals surface area contributed by atoms with Crippen molar-refractivity contribution in [3.63, 3.8) is 0 Å². The van der Waals surface area contributed by atoms with Crippen molar-refractivity contribution >= 4 is 12.2 Å². The summed E-state index contributed by atoms with van der Waals surface area (Å²) < 4.78 is 0. The average molecular weight is 270 g/mol. The predicted molar refractivity (Wildman–Crippen MR) is 80.8 cm³/mol. The Kier molecular flexibility index (Phi) is 4.31. The van der Waals surface area contributed by atoms with E-state index in [-0.39, 0.29) is 17.2 Å². The summed E-state index contributed by atoms with van der Waals surface area (Å²) in [6, 6.07) is 10.1. The topological polar surface area (TPSA) is 60.7 Å². The normalized spacial score (nSPS) is 11.1. The van der Waals surface area contributed by atoms with Crippen molar-refractivity contribution in [1.82, 2.24) is 0 Å². The van der Waals surface area contributed by atoms with Gasteiger partial charge in [-0.15, -0.1) is 0 Å². The molecule has 0 amide bonds. The maximum Gasteiger partial charge on any atom is 0.123 e. The Bertz CT molecular complexity index is 590. The molecule has 0 aliphatic heterocycles. The van der Waals surface area contributed by atoms with Gasteiger partial charge >= 0.3 is 0 Å². The van der Waals surface area contributed by atoms with Crippen LogP contribution in [0.4, 0.5) is 0 Å². The largest absolute Gasteiger partial charge is 0.508 e. The number of phenols is 3. The standard InChI is InChI=1S/C17H18O3/c1-2-3-15-16(19)10-13(11-17(15)20)5-4-12-6-8-14(18)9-7-12/h4-11,18-20H,2-3H2,1H3. The number of hydrogen-bond acceptors (Lipinski definition) is 3. The Morgan fingerprint density at radius 3 is 1.95 bits per heavy atom. The molecule has 0 aromatic heterocycles. The number of aromatic hydroxyl groups is 3. The summed E-state index contributed by atoms with van der Waals surface area (Å²) in [5.41, 5.74) is 2.25. The van der Waals surface area contributed by atoms with Gasteiger partial charge in [-0.2, -0.15) is 0 Å². The zero-order valence-electron chi connectivity index (χ0n) is 11.4. The SMILES string of the molecule is CCCc1c(O)cc(C=Cc2ccc(O)cc2)cc1O. The van der Waals surface area contributed by atoms with Crippen molar-refractivity contribution in [3.8, 4) is 17.2 Å². The predicted octanol–water partition coefficient (Wildman–Crippen LogP) is 3.93. The molecule has 0 fully saturated rings. The van der Waals surface area contributed by atoms with Crippen molar-refractivity contribution < 1.29 is 15.3 Å². The minimum Gasteiger partial charge on any atom is -0.508 e. The third kappa shape index (κ3) is 3.32. The van der Waals surface area contributed by atoms with Gasteiger partial charge in [0.15, 0.2) is 0 Å². The smallest absolute Gasteiger partial charge is 0.123 e. The number of benzene rings is 2. The molecule has 0 aliphatic carbocycles. The Balaban J connectivity index is 2.23. The molecule has 3 N–H and O–H groups in total. The van der Waals surface area contributed by atoms with Crippen LogP contribution < -0.4 is 0 Å². The van der Waals surface area contributed by atoms with Crippen LogP contribution in [0.15, 0.2) is 36.4 Å².